The largest absolute Gasteiger partial charge is 0.289 e. The van der Waals surface area contributed by atoms with Crippen LogP contribution in [-0.2, 0) is 20.0 Å². The van der Waals surface area contributed by atoms with Gasteiger partial charge in [0.1, 0.15) is 0 Å². The quantitative estimate of drug-likeness (QED) is 0.392. The minimum atomic E-state index is -4.19. The molecular formula is C15H12N4O9S2. The standard InChI is InChI=1S/C15H12N4O9S2/c1-16-29(25,26)7-3-9-13(11(5-7)18(21)22)14-10(15(9)20)4-8(30(27,28)17-2)6-12(14)19(23)24/h3-6,16-17H,1-2H3. The highest BCUT2D eigenvalue weighted by molar-refractivity contribution is 7.89. The summed E-state index contributed by atoms with van der Waals surface area (Å²) in [5, 5.41) is 23.2. The van der Waals surface area contributed by atoms with Crippen molar-refractivity contribution in [1.82, 2.24) is 9.44 Å². The smallest absolute Gasteiger partial charge is 0.279 e. The molecule has 0 aliphatic heterocycles. The van der Waals surface area contributed by atoms with Crippen molar-refractivity contribution in [2.75, 3.05) is 14.1 Å². The van der Waals surface area contributed by atoms with Crippen LogP contribution in [0.2, 0.25) is 0 Å². The van der Waals surface area contributed by atoms with E-state index in [1.54, 1.807) is 0 Å². The Morgan fingerprint density at radius 1 is 0.733 bits per heavy atom. The van der Waals surface area contributed by atoms with Crippen LogP contribution in [0, 0.1) is 20.2 Å². The van der Waals surface area contributed by atoms with Crippen molar-refractivity contribution >= 4 is 37.2 Å². The third kappa shape index (κ3) is 3.13. The maximum absolute atomic E-state index is 12.9. The van der Waals surface area contributed by atoms with E-state index < -0.39 is 79.1 Å². The molecule has 0 atom stereocenters. The molecule has 1 aliphatic rings. The Balaban J connectivity index is 2.49. The molecule has 0 radical (unpaired) electrons. The summed E-state index contributed by atoms with van der Waals surface area (Å²) < 4.78 is 52.4. The highest BCUT2D eigenvalue weighted by Crippen LogP contribution is 2.48. The SMILES string of the molecule is CNS(=O)(=O)c1cc2c(c([N+](=O)[O-])c1)-c1c(cc(S(=O)(=O)NC)cc1[N+](=O)[O-])C2=O. The van der Waals surface area contributed by atoms with Gasteiger partial charge in [-0.05, 0) is 26.2 Å². The fourth-order valence-electron chi connectivity index (χ4n) is 3.06. The number of sulfonamides is 2. The van der Waals surface area contributed by atoms with E-state index in [9.17, 15) is 41.9 Å². The van der Waals surface area contributed by atoms with Crippen molar-refractivity contribution in [2.24, 2.45) is 0 Å². The third-order valence-corrected chi connectivity index (χ3v) is 7.26. The minimum Gasteiger partial charge on any atom is -0.289 e. The molecule has 0 saturated heterocycles. The lowest BCUT2D eigenvalue weighted by Gasteiger charge is -2.08. The minimum absolute atomic E-state index is 0.449. The zero-order chi connectivity index (χ0) is 22.6. The number of nitrogens with zero attached hydrogens (tertiary/aromatic N) is 2. The van der Waals surface area contributed by atoms with Gasteiger partial charge in [0.05, 0.1) is 30.8 Å². The van der Waals surface area contributed by atoms with Crippen LogP contribution < -0.4 is 9.44 Å². The molecule has 0 unspecified atom stereocenters. The summed E-state index contributed by atoms with van der Waals surface area (Å²) in [6, 6.07) is 3.06. The molecule has 2 aromatic carbocycles. The predicted octanol–water partition coefficient (Wildman–Crippen LogP) is 0.531. The van der Waals surface area contributed by atoms with Gasteiger partial charge >= 0.3 is 0 Å². The van der Waals surface area contributed by atoms with E-state index in [2.05, 4.69) is 0 Å². The van der Waals surface area contributed by atoms with Crippen LogP contribution in [0.25, 0.3) is 11.1 Å². The normalized spacial score (nSPS) is 13.1. The summed E-state index contributed by atoms with van der Waals surface area (Å²) in [6.45, 7) is 0. The Morgan fingerprint density at radius 3 is 1.33 bits per heavy atom. The van der Waals surface area contributed by atoms with Gasteiger partial charge in [-0.1, -0.05) is 0 Å². The van der Waals surface area contributed by atoms with E-state index in [1.807, 2.05) is 9.44 Å². The topological polar surface area (TPSA) is 196 Å². The Hall–Kier alpha value is -3.27. The van der Waals surface area contributed by atoms with Crippen LogP contribution in [0.4, 0.5) is 11.4 Å². The van der Waals surface area contributed by atoms with Gasteiger partial charge in [-0.25, -0.2) is 26.3 Å². The molecule has 2 aromatic rings. The van der Waals surface area contributed by atoms with Crippen molar-refractivity contribution in [3.8, 4) is 11.1 Å². The molecule has 0 aromatic heterocycles. The number of hydrogen-bond acceptors (Lipinski definition) is 9. The number of rotatable bonds is 6. The second-order valence-corrected chi connectivity index (χ2v) is 9.76. The second-order valence-electron chi connectivity index (χ2n) is 5.99. The molecule has 0 fully saturated rings. The summed E-state index contributed by atoms with van der Waals surface area (Å²) in [4.78, 5) is 33.0. The number of nitrogens with one attached hydrogen (secondary N) is 2. The molecule has 1 aliphatic carbocycles. The summed E-state index contributed by atoms with van der Waals surface area (Å²) in [7, 11) is -6.27. The van der Waals surface area contributed by atoms with Gasteiger partial charge in [-0.15, -0.1) is 0 Å². The van der Waals surface area contributed by atoms with Crippen molar-refractivity contribution < 1.29 is 31.5 Å². The first-order chi connectivity index (χ1) is 13.9. The summed E-state index contributed by atoms with van der Waals surface area (Å²) >= 11 is 0. The molecule has 30 heavy (non-hydrogen) atoms. The molecule has 0 heterocycles. The number of nitro groups is 2. The van der Waals surface area contributed by atoms with Gasteiger partial charge in [0.25, 0.3) is 11.4 Å². The monoisotopic (exact) mass is 456 g/mol. The van der Waals surface area contributed by atoms with Gasteiger partial charge in [-0.2, -0.15) is 0 Å². The van der Waals surface area contributed by atoms with Crippen molar-refractivity contribution in [3.63, 3.8) is 0 Å². The first kappa shape index (κ1) is 21.4. The van der Waals surface area contributed by atoms with Gasteiger partial charge < -0.3 is 0 Å². The number of fused-ring (bicyclic) bond motifs is 3. The number of ketones is 1. The van der Waals surface area contributed by atoms with Crippen LogP contribution in [0.5, 0.6) is 0 Å². The number of nitro benzene ring substituents is 2. The van der Waals surface area contributed by atoms with E-state index in [0.717, 1.165) is 26.2 Å². The highest BCUT2D eigenvalue weighted by atomic mass is 32.2. The number of carbonyl (C=O) groups is 1. The molecule has 2 N–H and O–H groups in total. The fraction of sp³-hybridized carbons (Fsp3) is 0.133. The molecule has 158 valence electrons. The molecule has 0 spiro atoms. The van der Waals surface area contributed by atoms with Gasteiger partial charge in [-0.3, -0.25) is 25.0 Å². The summed E-state index contributed by atoms with van der Waals surface area (Å²) in [5.74, 6) is -0.979. The van der Waals surface area contributed by atoms with Gasteiger partial charge in [0.15, 0.2) is 5.78 Å². The van der Waals surface area contributed by atoms with Crippen molar-refractivity contribution in [3.05, 3.63) is 55.6 Å². The van der Waals surface area contributed by atoms with Crippen LogP contribution >= 0.6 is 0 Å². The molecule has 0 bridgehead atoms. The maximum Gasteiger partial charge on any atom is 0.279 e. The van der Waals surface area contributed by atoms with Gasteiger partial charge in [0.2, 0.25) is 20.0 Å². The second kappa shape index (κ2) is 6.91. The summed E-state index contributed by atoms with van der Waals surface area (Å²) in [6.07, 6.45) is 0. The van der Waals surface area contributed by atoms with E-state index in [1.165, 1.54) is 0 Å². The summed E-state index contributed by atoms with van der Waals surface area (Å²) in [5.41, 5.74) is -3.52. The first-order valence-corrected chi connectivity index (χ1v) is 10.9. The highest BCUT2D eigenvalue weighted by Gasteiger charge is 2.41. The van der Waals surface area contributed by atoms with Gasteiger partial charge in [0, 0.05) is 23.3 Å². The zero-order valence-corrected chi connectivity index (χ0v) is 16.8. The van der Waals surface area contributed by atoms with E-state index in [4.69, 9.17) is 0 Å². The Bertz CT molecular complexity index is 1260. The van der Waals surface area contributed by atoms with Crippen LogP contribution in [0.15, 0.2) is 34.1 Å². The molecule has 13 nitrogen and oxygen atoms in total. The number of benzene rings is 2. The molecular weight excluding hydrogens is 444 g/mol. The third-order valence-electron chi connectivity index (χ3n) is 4.47. The number of carbonyl (C=O) groups excluding carboxylic acids is 1. The zero-order valence-electron chi connectivity index (χ0n) is 15.2. The molecule has 0 saturated carbocycles. The predicted molar refractivity (Wildman–Crippen MR) is 101 cm³/mol. The van der Waals surface area contributed by atoms with Crippen LogP contribution in [0.3, 0.4) is 0 Å². The van der Waals surface area contributed by atoms with Crippen molar-refractivity contribution in [2.45, 2.75) is 9.79 Å². The first-order valence-electron chi connectivity index (χ1n) is 7.92. The average molecular weight is 456 g/mol. The number of hydrogen-bond donors (Lipinski definition) is 2. The molecule has 15 heteroatoms. The Labute approximate surface area is 169 Å². The lowest BCUT2D eigenvalue weighted by molar-refractivity contribution is -0.386. The molecule has 0 amide bonds. The maximum atomic E-state index is 12.9. The van der Waals surface area contributed by atoms with E-state index in [0.29, 0.717) is 12.1 Å². The Kier molecular flexibility index (Phi) is 4.94. The van der Waals surface area contributed by atoms with Crippen LogP contribution in [0.1, 0.15) is 15.9 Å². The van der Waals surface area contributed by atoms with Crippen LogP contribution in [-0.4, -0.2) is 46.6 Å². The lowest BCUT2D eigenvalue weighted by atomic mass is 10.0. The average Bonchev–Trinajstić information content (AvgIpc) is 2.98. The van der Waals surface area contributed by atoms with E-state index >= 15 is 0 Å². The Morgan fingerprint density at radius 2 is 1.07 bits per heavy atom. The molecule has 3 rings (SSSR count). The van der Waals surface area contributed by atoms with Crippen molar-refractivity contribution in [1.29, 1.82) is 0 Å². The van der Waals surface area contributed by atoms with E-state index in [-0.39, 0.29) is 0 Å². The fourth-order valence-corrected chi connectivity index (χ4v) is 4.62. The lowest BCUT2D eigenvalue weighted by Crippen LogP contribution is -2.19.